The maximum Gasteiger partial charge on any atom is 0.453 e. The molecule has 0 spiro atoms. The number of rotatable bonds is 3. The molecular formula is C19H18F3NO3. The Morgan fingerprint density at radius 1 is 1.12 bits per heavy atom. The Balaban J connectivity index is 2.12. The van der Waals surface area contributed by atoms with E-state index in [4.69, 9.17) is 9.47 Å². The summed E-state index contributed by atoms with van der Waals surface area (Å²) in [5, 5.41) is 2.00. The molecule has 0 bridgehead atoms. The Labute approximate surface area is 148 Å². The van der Waals surface area contributed by atoms with Crippen molar-refractivity contribution >= 4 is 5.91 Å². The zero-order valence-electron chi connectivity index (χ0n) is 14.5. The second-order valence-electron chi connectivity index (χ2n) is 6.43. The maximum atomic E-state index is 14.0. The molecule has 3 rings (SSSR count). The summed E-state index contributed by atoms with van der Waals surface area (Å²) in [4.78, 5) is 12.4. The van der Waals surface area contributed by atoms with Crippen LogP contribution in [0.4, 0.5) is 13.2 Å². The highest BCUT2D eigenvalue weighted by Crippen LogP contribution is 2.45. The molecule has 0 aliphatic carbocycles. The summed E-state index contributed by atoms with van der Waals surface area (Å²) in [5.41, 5.74) is -2.35. The van der Waals surface area contributed by atoms with E-state index in [2.05, 4.69) is 0 Å². The minimum absolute atomic E-state index is 0.0214. The fourth-order valence-electron chi connectivity index (χ4n) is 2.75. The Bertz CT molecular complexity index is 831. The summed E-state index contributed by atoms with van der Waals surface area (Å²) >= 11 is 0. The lowest BCUT2D eigenvalue weighted by Gasteiger charge is -2.40. The van der Waals surface area contributed by atoms with E-state index in [1.165, 1.54) is 42.5 Å². The lowest BCUT2D eigenvalue weighted by atomic mass is 9.97. The first kappa shape index (κ1) is 18.1. The van der Waals surface area contributed by atoms with Crippen LogP contribution in [0, 0.1) is 6.92 Å². The average Bonchev–Trinajstić information content (AvgIpc) is 2.53. The molecule has 0 radical (unpaired) electrons. The third-order valence-corrected chi connectivity index (χ3v) is 3.98. The summed E-state index contributed by atoms with van der Waals surface area (Å²) < 4.78 is 52.8. The summed E-state index contributed by atoms with van der Waals surface area (Å²) in [7, 11) is 0. The number of hydrogen-bond donors (Lipinski definition) is 1. The number of fused-ring (bicyclic) bond motifs is 1. The van der Waals surface area contributed by atoms with Crippen LogP contribution >= 0.6 is 0 Å². The van der Waals surface area contributed by atoms with Gasteiger partial charge in [-0.05, 0) is 32.9 Å². The summed E-state index contributed by atoms with van der Waals surface area (Å²) in [6.45, 7) is 5.34. The van der Waals surface area contributed by atoms with Crippen LogP contribution in [0.3, 0.4) is 0 Å². The van der Waals surface area contributed by atoms with Crippen molar-refractivity contribution in [2.45, 2.75) is 38.8 Å². The molecule has 1 heterocycles. The molecule has 2 aromatic carbocycles. The van der Waals surface area contributed by atoms with Gasteiger partial charge < -0.3 is 14.8 Å². The van der Waals surface area contributed by atoms with Gasteiger partial charge in [-0.2, -0.15) is 13.2 Å². The van der Waals surface area contributed by atoms with Crippen LogP contribution in [-0.2, 0) is 5.72 Å². The first-order valence-corrected chi connectivity index (χ1v) is 8.08. The summed E-state index contributed by atoms with van der Waals surface area (Å²) in [6, 6.07) is 9.87. The van der Waals surface area contributed by atoms with Crippen molar-refractivity contribution in [3.63, 3.8) is 0 Å². The SMILES string of the molecule is Cc1ccc([C@]2(C(F)(F)F)NC(=O)c3ccc(OC(C)C)cc3O2)cc1. The lowest BCUT2D eigenvalue weighted by molar-refractivity contribution is -0.265. The molecular weight excluding hydrogens is 347 g/mol. The van der Waals surface area contributed by atoms with Gasteiger partial charge >= 0.3 is 11.9 Å². The molecule has 1 aliphatic rings. The fourth-order valence-corrected chi connectivity index (χ4v) is 2.75. The highest BCUT2D eigenvalue weighted by molar-refractivity contribution is 5.98. The number of amides is 1. The van der Waals surface area contributed by atoms with Crippen LogP contribution in [-0.4, -0.2) is 18.2 Å². The van der Waals surface area contributed by atoms with E-state index in [-0.39, 0.29) is 23.0 Å². The van der Waals surface area contributed by atoms with Crippen LogP contribution < -0.4 is 14.8 Å². The van der Waals surface area contributed by atoms with E-state index in [0.29, 0.717) is 5.75 Å². The van der Waals surface area contributed by atoms with Crippen molar-refractivity contribution in [3.05, 3.63) is 59.2 Å². The zero-order chi connectivity index (χ0) is 19.1. The monoisotopic (exact) mass is 365 g/mol. The molecule has 1 N–H and O–H groups in total. The number of alkyl halides is 3. The summed E-state index contributed by atoms with van der Waals surface area (Å²) in [5.74, 6) is -0.710. The summed E-state index contributed by atoms with van der Waals surface area (Å²) in [6.07, 6.45) is -5.04. The highest BCUT2D eigenvalue weighted by atomic mass is 19.4. The minimum atomic E-state index is -4.87. The van der Waals surface area contributed by atoms with Crippen molar-refractivity contribution < 1.29 is 27.4 Å². The van der Waals surface area contributed by atoms with Crippen molar-refractivity contribution in [2.24, 2.45) is 0 Å². The van der Waals surface area contributed by atoms with Gasteiger partial charge in [0.1, 0.15) is 11.5 Å². The topological polar surface area (TPSA) is 47.6 Å². The van der Waals surface area contributed by atoms with Gasteiger partial charge in [-0.3, -0.25) is 4.79 Å². The van der Waals surface area contributed by atoms with Gasteiger partial charge in [0.2, 0.25) is 0 Å². The van der Waals surface area contributed by atoms with Gasteiger partial charge in [-0.25, -0.2) is 0 Å². The predicted molar refractivity (Wildman–Crippen MR) is 89.2 cm³/mol. The van der Waals surface area contributed by atoms with Gasteiger partial charge in [-0.15, -0.1) is 0 Å². The van der Waals surface area contributed by atoms with E-state index < -0.39 is 17.8 Å². The zero-order valence-corrected chi connectivity index (χ0v) is 14.5. The van der Waals surface area contributed by atoms with Crippen molar-refractivity contribution in [3.8, 4) is 11.5 Å². The Kier molecular flexibility index (Phi) is 4.34. The Morgan fingerprint density at radius 2 is 1.77 bits per heavy atom. The standard InChI is InChI=1S/C19H18F3NO3/c1-11(2)25-14-8-9-15-16(10-14)26-18(19(20,21)22,23-17(15)24)13-6-4-12(3)5-7-13/h4-11H,1-3H3,(H,23,24)/t18-/m0/s1. The molecule has 0 unspecified atom stereocenters. The predicted octanol–water partition coefficient (Wildman–Crippen LogP) is 4.32. The van der Waals surface area contributed by atoms with Gasteiger partial charge in [0.15, 0.2) is 0 Å². The molecule has 0 aromatic heterocycles. The van der Waals surface area contributed by atoms with E-state index in [1.807, 2.05) is 5.32 Å². The van der Waals surface area contributed by atoms with Crippen LogP contribution in [0.5, 0.6) is 11.5 Å². The molecule has 1 aliphatic heterocycles. The Morgan fingerprint density at radius 3 is 2.35 bits per heavy atom. The second kappa shape index (κ2) is 6.23. The van der Waals surface area contributed by atoms with Gasteiger partial charge in [0, 0.05) is 11.6 Å². The average molecular weight is 365 g/mol. The third kappa shape index (κ3) is 3.09. The molecule has 26 heavy (non-hydrogen) atoms. The highest BCUT2D eigenvalue weighted by Gasteiger charge is 2.62. The lowest BCUT2D eigenvalue weighted by Crippen LogP contribution is -2.62. The van der Waals surface area contributed by atoms with E-state index in [9.17, 15) is 18.0 Å². The quantitative estimate of drug-likeness (QED) is 0.881. The number of nitrogens with one attached hydrogen (secondary N) is 1. The number of carbonyl (C=O) groups excluding carboxylic acids is 1. The van der Waals surface area contributed by atoms with Crippen LogP contribution in [0.2, 0.25) is 0 Å². The Hall–Kier alpha value is -2.70. The maximum absolute atomic E-state index is 14.0. The molecule has 4 nitrogen and oxygen atoms in total. The van der Waals surface area contributed by atoms with Crippen molar-refractivity contribution in [1.29, 1.82) is 0 Å². The molecule has 1 atom stereocenters. The molecule has 0 fully saturated rings. The number of ether oxygens (including phenoxy) is 2. The van der Waals surface area contributed by atoms with Gasteiger partial charge in [-0.1, -0.05) is 29.8 Å². The van der Waals surface area contributed by atoms with Gasteiger partial charge in [0.25, 0.3) is 5.91 Å². The normalized spacial score (nSPS) is 19.6. The first-order chi connectivity index (χ1) is 12.1. The number of hydrogen-bond acceptors (Lipinski definition) is 3. The molecule has 2 aromatic rings. The number of halogens is 3. The molecule has 1 amide bonds. The molecule has 0 saturated heterocycles. The largest absolute Gasteiger partial charge is 0.491 e. The second-order valence-corrected chi connectivity index (χ2v) is 6.43. The molecule has 138 valence electrons. The third-order valence-electron chi connectivity index (χ3n) is 3.98. The smallest absolute Gasteiger partial charge is 0.453 e. The van der Waals surface area contributed by atoms with Crippen molar-refractivity contribution in [2.75, 3.05) is 0 Å². The van der Waals surface area contributed by atoms with Crippen molar-refractivity contribution in [1.82, 2.24) is 5.32 Å². The number of benzene rings is 2. The van der Waals surface area contributed by atoms with Crippen LogP contribution in [0.1, 0.15) is 35.3 Å². The fraction of sp³-hybridized carbons (Fsp3) is 0.316. The molecule has 0 saturated carbocycles. The van der Waals surface area contributed by atoms with Gasteiger partial charge in [0.05, 0.1) is 11.7 Å². The molecule has 7 heteroatoms. The number of carbonyl (C=O) groups is 1. The van der Waals surface area contributed by atoms with E-state index in [0.717, 1.165) is 5.56 Å². The first-order valence-electron chi connectivity index (χ1n) is 8.08. The van der Waals surface area contributed by atoms with E-state index in [1.54, 1.807) is 20.8 Å². The van der Waals surface area contributed by atoms with Crippen LogP contribution in [0.15, 0.2) is 42.5 Å². The van der Waals surface area contributed by atoms with E-state index >= 15 is 0 Å². The van der Waals surface area contributed by atoms with Crippen LogP contribution in [0.25, 0.3) is 0 Å². The number of aryl methyl sites for hydroxylation is 1. The minimum Gasteiger partial charge on any atom is -0.491 e.